The number of hydrogen-bond acceptors (Lipinski definition) is 2. The van der Waals surface area contributed by atoms with Crippen LogP contribution in [0.2, 0.25) is 0 Å². The van der Waals surface area contributed by atoms with Crippen molar-refractivity contribution in [1.82, 2.24) is 9.78 Å². The van der Waals surface area contributed by atoms with Crippen molar-refractivity contribution in [3.05, 3.63) is 11.3 Å². The minimum atomic E-state index is 0.583. The molecule has 0 atom stereocenters. The molecule has 1 fully saturated rings. The summed E-state index contributed by atoms with van der Waals surface area (Å²) in [6, 6.07) is 0.583. The predicted molar refractivity (Wildman–Crippen MR) is 65.4 cm³/mol. The van der Waals surface area contributed by atoms with E-state index >= 15 is 0 Å². The van der Waals surface area contributed by atoms with Gasteiger partial charge < -0.3 is 5.73 Å². The van der Waals surface area contributed by atoms with Crippen LogP contribution in [0.3, 0.4) is 0 Å². The van der Waals surface area contributed by atoms with Gasteiger partial charge in [0.1, 0.15) is 5.82 Å². The Morgan fingerprint density at radius 1 is 1.00 bits per heavy atom. The minimum absolute atomic E-state index is 0.583. The average Bonchev–Trinajstić information content (AvgIpc) is 2.69. The van der Waals surface area contributed by atoms with Gasteiger partial charge in [0, 0.05) is 5.56 Å². The number of aromatic nitrogens is 2. The molecule has 2 N–H and O–H groups in total. The molecular weight excluding hydrogens is 198 g/mol. The lowest BCUT2D eigenvalue weighted by Crippen LogP contribution is -2.16. The average molecular weight is 219 g/mol. The number of nitrogen functional groups attached to an aromatic ring is 1. The molecule has 2 aliphatic carbocycles. The lowest BCUT2D eigenvalue weighted by molar-refractivity contribution is 0.332. The summed E-state index contributed by atoms with van der Waals surface area (Å²) in [5.41, 5.74) is 8.90. The first-order valence-electron chi connectivity index (χ1n) is 6.72. The molecule has 2 aliphatic rings. The van der Waals surface area contributed by atoms with E-state index in [4.69, 9.17) is 10.8 Å². The summed E-state index contributed by atoms with van der Waals surface area (Å²) < 4.78 is 2.15. The van der Waals surface area contributed by atoms with E-state index in [1.807, 2.05) is 0 Å². The molecule has 0 unspecified atom stereocenters. The topological polar surface area (TPSA) is 43.8 Å². The van der Waals surface area contributed by atoms with Crippen LogP contribution in [-0.4, -0.2) is 9.78 Å². The Balaban J connectivity index is 1.91. The second kappa shape index (κ2) is 4.11. The van der Waals surface area contributed by atoms with E-state index in [0.29, 0.717) is 6.04 Å². The lowest BCUT2D eigenvalue weighted by Gasteiger charge is -2.23. The van der Waals surface area contributed by atoms with E-state index in [2.05, 4.69) is 4.68 Å². The smallest absolute Gasteiger partial charge is 0.125 e. The molecule has 16 heavy (non-hydrogen) atoms. The number of anilines is 1. The highest BCUT2D eigenvalue weighted by atomic mass is 15.3. The standard InChI is InChI=1S/C13H21N3/c14-13-11-8-4-5-9-12(11)15-16(13)10-6-2-1-3-7-10/h10H,1-9,14H2. The van der Waals surface area contributed by atoms with Gasteiger partial charge in [-0.3, -0.25) is 0 Å². The Kier molecular flexibility index (Phi) is 2.62. The van der Waals surface area contributed by atoms with E-state index in [9.17, 15) is 0 Å². The Bertz CT molecular complexity index is 375. The molecule has 1 heterocycles. The monoisotopic (exact) mass is 219 g/mol. The summed E-state index contributed by atoms with van der Waals surface area (Å²) in [6.45, 7) is 0. The molecule has 0 radical (unpaired) electrons. The number of aryl methyl sites for hydroxylation is 1. The summed E-state index contributed by atoms with van der Waals surface area (Å²) in [6.07, 6.45) is 11.5. The zero-order chi connectivity index (χ0) is 11.0. The normalized spacial score (nSPS) is 22.0. The van der Waals surface area contributed by atoms with Gasteiger partial charge in [0.15, 0.2) is 0 Å². The van der Waals surface area contributed by atoms with Crippen LogP contribution >= 0.6 is 0 Å². The Labute approximate surface area is 97.0 Å². The number of hydrogen-bond donors (Lipinski definition) is 1. The lowest BCUT2D eigenvalue weighted by atomic mass is 9.95. The van der Waals surface area contributed by atoms with Crippen LogP contribution in [0, 0.1) is 0 Å². The maximum Gasteiger partial charge on any atom is 0.125 e. The van der Waals surface area contributed by atoms with Gasteiger partial charge in [-0.1, -0.05) is 19.3 Å². The van der Waals surface area contributed by atoms with Crippen LogP contribution in [0.25, 0.3) is 0 Å². The number of rotatable bonds is 1. The minimum Gasteiger partial charge on any atom is -0.384 e. The molecule has 1 aromatic rings. The van der Waals surface area contributed by atoms with Gasteiger partial charge in [0.25, 0.3) is 0 Å². The largest absolute Gasteiger partial charge is 0.384 e. The molecule has 0 aliphatic heterocycles. The van der Waals surface area contributed by atoms with Gasteiger partial charge in [-0.25, -0.2) is 4.68 Å². The van der Waals surface area contributed by atoms with Crippen molar-refractivity contribution in [1.29, 1.82) is 0 Å². The van der Waals surface area contributed by atoms with E-state index in [-0.39, 0.29) is 0 Å². The number of fused-ring (bicyclic) bond motifs is 1. The van der Waals surface area contributed by atoms with E-state index in [0.717, 1.165) is 18.7 Å². The third-order valence-electron chi connectivity index (χ3n) is 4.14. The zero-order valence-corrected chi connectivity index (χ0v) is 9.91. The summed E-state index contributed by atoms with van der Waals surface area (Å²) in [7, 11) is 0. The van der Waals surface area contributed by atoms with Gasteiger partial charge in [0.05, 0.1) is 11.7 Å². The van der Waals surface area contributed by atoms with Crippen molar-refractivity contribution in [2.45, 2.75) is 63.8 Å². The first-order valence-corrected chi connectivity index (χ1v) is 6.72. The molecule has 0 bridgehead atoms. The van der Waals surface area contributed by atoms with E-state index in [1.165, 1.54) is 56.2 Å². The van der Waals surface area contributed by atoms with Crippen LogP contribution in [0.15, 0.2) is 0 Å². The number of nitrogens with two attached hydrogens (primary N) is 1. The summed E-state index contributed by atoms with van der Waals surface area (Å²) in [5, 5.41) is 4.77. The van der Waals surface area contributed by atoms with Crippen molar-refractivity contribution in [2.75, 3.05) is 5.73 Å². The Morgan fingerprint density at radius 3 is 2.50 bits per heavy atom. The molecule has 0 saturated heterocycles. The molecule has 3 heteroatoms. The number of nitrogens with zero attached hydrogens (tertiary/aromatic N) is 2. The van der Waals surface area contributed by atoms with Crippen molar-refractivity contribution < 1.29 is 0 Å². The van der Waals surface area contributed by atoms with Crippen LogP contribution in [0.5, 0.6) is 0 Å². The van der Waals surface area contributed by atoms with Crippen molar-refractivity contribution in [2.24, 2.45) is 0 Å². The highest BCUT2D eigenvalue weighted by Gasteiger charge is 2.23. The first kappa shape index (κ1) is 10.2. The molecule has 0 spiro atoms. The Morgan fingerprint density at radius 2 is 1.75 bits per heavy atom. The maximum atomic E-state index is 6.26. The summed E-state index contributed by atoms with van der Waals surface area (Å²) >= 11 is 0. The molecule has 3 rings (SSSR count). The molecule has 3 nitrogen and oxygen atoms in total. The van der Waals surface area contributed by atoms with E-state index < -0.39 is 0 Å². The fourth-order valence-corrected chi connectivity index (χ4v) is 3.20. The molecule has 1 aromatic heterocycles. The SMILES string of the molecule is Nc1c2c(nn1C1CCCCC1)CCCC2. The van der Waals surface area contributed by atoms with Crippen LogP contribution in [-0.2, 0) is 12.8 Å². The summed E-state index contributed by atoms with van der Waals surface area (Å²) in [5.74, 6) is 0.974. The Hall–Kier alpha value is -0.990. The fraction of sp³-hybridized carbons (Fsp3) is 0.769. The molecule has 88 valence electrons. The zero-order valence-electron chi connectivity index (χ0n) is 9.91. The molecular formula is C13H21N3. The fourth-order valence-electron chi connectivity index (χ4n) is 3.20. The van der Waals surface area contributed by atoms with Crippen molar-refractivity contribution in [3.8, 4) is 0 Å². The predicted octanol–water partition coefficient (Wildman–Crippen LogP) is 2.85. The van der Waals surface area contributed by atoms with Crippen LogP contribution < -0.4 is 5.73 Å². The van der Waals surface area contributed by atoms with Gasteiger partial charge in [-0.15, -0.1) is 0 Å². The van der Waals surface area contributed by atoms with Crippen LogP contribution in [0.4, 0.5) is 5.82 Å². The molecule has 1 saturated carbocycles. The van der Waals surface area contributed by atoms with Crippen molar-refractivity contribution in [3.63, 3.8) is 0 Å². The van der Waals surface area contributed by atoms with E-state index in [1.54, 1.807) is 0 Å². The highest BCUT2D eigenvalue weighted by molar-refractivity contribution is 5.45. The van der Waals surface area contributed by atoms with Crippen molar-refractivity contribution >= 4 is 5.82 Å². The second-order valence-electron chi connectivity index (χ2n) is 5.25. The summed E-state index contributed by atoms with van der Waals surface area (Å²) in [4.78, 5) is 0. The van der Waals surface area contributed by atoms with Gasteiger partial charge in [-0.2, -0.15) is 5.10 Å². The van der Waals surface area contributed by atoms with Gasteiger partial charge >= 0.3 is 0 Å². The highest BCUT2D eigenvalue weighted by Crippen LogP contribution is 2.33. The third-order valence-corrected chi connectivity index (χ3v) is 4.14. The second-order valence-corrected chi connectivity index (χ2v) is 5.25. The van der Waals surface area contributed by atoms with Gasteiger partial charge in [0.2, 0.25) is 0 Å². The molecule has 0 amide bonds. The quantitative estimate of drug-likeness (QED) is 0.789. The third kappa shape index (κ3) is 1.62. The van der Waals surface area contributed by atoms with Gasteiger partial charge in [-0.05, 0) is 38.5 Å². The molecule has 0 aromatic carbocycles. The first-order chi connectivity index (χ1) is 7.86. The maximum absolute atomic E-state index is 6.26. The van der Waals surface area contributed by atoms with Crippen LogP contribution in [0.1, 0.15) is 62.2 Å².